The standard InChI is InChI=1S/C15H29NO2/c16-13-9-5-1-2-8-12-15(17)18-14-10-6-3-4-7-11-14/h14H,1-13,16H2. The molecule has 106 valence electrons. The van der Waals surface area contributed by atoms with Gasteiger partial charge in [-0.25, -0.2) is 0 Å². The van der Waals surface area contributed by atoms with Crippen LogP contribution < -0.4 is 5.73 Å². The van der Waals surface area contributed by atoms with Crippen LogP contribution in [0.15, 0.2) is 0 Å². The Morgan fingerprint density at radius 2 is 1.56 bits per heavy atom. The second-order valence-corrected chi connectivity index (χ2v) is 5.41. The molecule has 0 spiro atoms. The lowest BCUT2D eigenvalue weighted by Crippen LogP contribution is -2.17. The highest BCUT2D eigenvalue weighted by atomic mass is 16.5. The zero-order valence-corrected chi connectivity index (χ0v) is 11.7. The molecule has 0 unspecified atom stereocenters. The molecule has 0 atom stereocenters. The first kappa shape index (κ1) is 15.5. The summed E-state index contributed by atoms with van der Waals surface area (Å²) in [6.07, 6.45) is 13.6. The Bertz CT molecular complexity index is 211. The van der Waals surface area contributed by atoms with Gasteiger partial charge in [-0.05, 0) is 45.1 Å². The molecule has 3 heteroatoms. The number of hydrogen-bond donors (Lipinski definition) is 1. The van der Waals surface area contributed by atoms with Crippen LogP contribution in [0.25, 0.3) is 0 Å². The van der Waals surface area contributed by atoms with Crippen LogP contribution in [0, 0.1) is 0 Å². The monoisotopic (exact) mass is 255 g/mol. The molecule has 0 bridgehead atoms. The first-order valence-corrected chi connectivity index (χ1v) is 7.72. The molecule has 1 aliphatic rings. The normalized spacial score (nSPS) is 17.4. The van der Waals surface area contributed by atoms with Crippen LogP contribution in [-0.2, 0) is 9.53 Å². The fourth-order valence-corrected chi connectivity index (χ4v) is 2.55. The van der Waals surface area contributed by atoms with Crippen molar-refractivity contribution in [1.82, 2.24) is 0 Å². The Morgan fingerprint density at radius 3 is 2.22 bits per heavy atom. The van der Waals surface area contributed by atoms with Crippen LogP contribution in [-0.4, -0.2) is 18.6 Å². The molecule has 1 fully saturated rings. The Hall–Kier alpha value is -0.570. The third-order valence-electron chi connectivity index (χ3n) is 3.69. The molecule has 0 aromatic heterocycles. The summed E-state index contributed by atoms with van der Waals surface area (Å²) in [6.45, 7) is 0.781. The number of nitrogens with two attached hydrogens (primary N) is 1. The van der Waals surface area contributed by atoms with E-state index in [2.05, 4.69) is 0 Å². The fourth-order valence-electron chi connectivity index (χ4n) is 2.55. The van der Waals surface area contributed by atoms with Crippen LogP contribution in [0.1, 0.15) is 77.0 Å². The van der Waals surface area contributed by atoms with Gasteiger partial charge >= 0.3 is 5.97 Å². The van der Waals surface area contributed by atoms with Crippen LogP contribution in [0.3, 0.4) is 0 Å². The van der Waals surface area contributed by atoms with Crippen molar-refractivity contribution in [2.45, 2.75) is 83.2 Å². The van der Waals surface area contributed by atoms with Gasteiger partial charge in [0, 0.05) is 6.42 Å². The summed E-state index contributed by atoms with van der Waals surface area (Å²) in [5, 5.41) is 0. The maximum atomic E-state index is 11.7. The van der Waals surface area contributed by atoms with E-state index in [1.807, 2.05) is 0 Å². The maximum Gasteiger partial charge on any atom is 0.306 e. The number of unbranched alkanes of at least 4 members (excludes halogenated alkanes) is 4. The van der Waals surface area contributed by atoms with Gasteiger partial charge in [-0.2, -0.15) is 0 Å². The van der Waals surface area contributed by atoms with Crippen molar-refractivity contribution in [2.24, 2.45) is 5.73 Å². The van der Waals surface area contributed by atoms with E-state index in [4.69, 9.17) is 10.5 Å². The quantitative estimate of drug-likeness (QED) is 0.410. The summed E-state index contributed by atoms with van der Waals surface area (Å²) in [4.78, 5) is 11.7. The number of ether oxygens (including phenoxy) is 1. The lowest BCUT2D eigenvalue weighted by atomic mass is 10.1. The Morgan fingerprint density at radius 1 is 0.944 bits per heavy atom. The molecule has 3 nitrogen and oxygen atoms in total. The van der Waals surface area contributed by atoms with Crippen molar-refractivity contribution in [3.8, 4) is 0 Å². The average molecular weight is 255 g/mol. The van der Waals surface area contributed by atoms with E-state index >= 15 is 0 Å². The number of esters is 1. The largest absolute Gasteiger partial charge is 0.462 e. The third-order valence-corrected chi connectivity index (χ3v) is 3.69. The summed E-state index contributed by atoms with van der Waals surface area (Å²) in [7, 11) is 0. The molecule has 0 aromatic rings. The third kappa shape index (κ3) is 7.70. The van der Waals surface area contributed by atoms with E-state index in [9.17, 15) is 4.79 Å². The van der Waals surface area contributed by atoms with Crippen molar-refractivity contribution in [1.29, 1.82) is 0 Å². The summed E-state index contributed by atoms with van der Waals surface area (Å²) < 4.78 is 5.54. The molecule has 18 heavy (non-hydrogen) atoms. The van der Waals surface area contributed by atoms with E-state index in [-0.39, 0.29) is 12.1 Å². The van der Waals surface area contributed by atoms with E-state index < -0.39 is 0 Å². The van der Waals surface area contributed by atoms with Gasteiger partial charge in [-0.1, -0.05) is 32.1 Å². The molecule has 0 radical (unpaired) electrons. The van der Waals surface area contributed by atoms with E-state index in [0.717, 1.165) is 38.6 Å². The number of carbonyl (C=O) groups excluding carboxylic acids is 1. The molecule has 1 saturated carbocycles. The lowest BCUT2D eigenvalue weighted by molar-refractivity contribution is -0.149. The Labute approximate surface area is 111 Å². The second kappa shape index (κ2) is 10.4. The van der Waals surface area contributed by atoms with Gasteiger partial charge in [0.05, 0.1) is 0 Å². The minimum atomic E-state index is 0.0146. The predicted molar refractivity (Wildman–Crippen MR) is 74.3 cm³/mol. The van der Waals surface area contributed by atoms with Gasteiger partial charge in [0.15, 0.2) is 0 Å². The minimum absolute atomic E-state index is 0.0146. The van der Waals surface area contributed by atoms with Crippen LogP contribution >= 0.6 is 0 Å². The predicted octanol–water partition coefficient (Wildman–Crippen LogP) is 3.55. The Kier molecular flexibility index (Phi) is 8.92. The van der Waals surface area contributed by atoms with Crippen molar-refractivity contribution in [2.75, 3.05) is 6.54 Å². The van der Waals surface area contributed by atoms with Crippen LogP contribution in [0.5, 0.6) is 0 Å². The van der Waals surface area contributed by atoms with Crippen molar-refractivity contribution in [3.05, 3.63) is 0 Å². The van der Waals surface area contributed by atoms with Gasteiger partial charge in [0.1, 0.15) is 6.10 Å². The van der Waals surface area contributed by atoms with Gasteiger partial charge < -0.3 is 10.5 Å². The summed E-state index contributed by atoms with van der Waals surface area (Å²) >= 11 is 0. The van der Waals surface area contributed by atoms with Crippen LogP contribution in [0.4, 0.5) is 0 Å². The number of hydrogen-bond acceptors (Lipinski definition) is 3. The van der Waals surface area contributed by atoms with Gasteiger partial charge in [-0.15, -0.1) is 0 Å². The van der Waals surface area contributed by atoms with Gasteiger partial charge in [0.25, 0.3) is 0 Å². The molecule has 0 saturated heterocycles. The van der Waals surface area contributed by atoms with Gasteiger partial charge in [0.2, 0.25) is 0 Å². The first-order chi connectivity index (χ1) is 8.83. The molecule has 0 aromatic carbocycles. The van der Waals surface area contributed by atoms with Gasteiger partial charge in [-0.3, -0.25) is 4.79 Å². The van der Waals surface area contributed by atoms with Crippen molar-refractivity contribution in [3.63, 3.8) is 0 Å². The fraction of sp³-hybridized carbons (Fsp3) is 0.933. The topological polar surface area (TPSA) is 52.3 Å². The molecular weight excluding hydrogens is 226 g/mol. The molecule has 1 aliphatic carbocycles. The van der Waals surface area contributed by atoms with E-state index in [1.165, 1.54) is 38.5 Å². The summed E-state index contributed by atoms with van der Waals surface area (Å²) in [5.41, 5.74) is 5.43. The van der Waals surface area contributed by atoms with Crippen LogP contribution in [0.2, 0.25) is 0 Å². The molecule has 0 aliphatic heterocycles. The van der Waals surface area contributed by atoms with Crippen molar-refractivity contribution >= 4 is 5.97 Å². The molecule has 0 heterocycles. The zero-order chi connectivity index (χ0) is 13.1. The second-order valence-electron chi connectivity index (χ2n) is 5.41. The summed E-state index contributed by atoms with van der Waals surface area (Å²) in [6, 6.07) is 0. The SMILES string of the molecule is NCCCCCCCC(=O)OC1CCCCCC1. The maximum absolute atomic E-state index is 11.7. The zero-order valence-electron chi connectivity index (χ0n) is 11.7. The lowest BCUT2D eigenvalue weighted by Gasteiger charge is -2.15. The average Bonchev–Trinajstić information content (AvgIpc) is 2.62. The van der Waals surface area contributed by atoms with Crippen molar-refractivity contribution < 1.29 is 9.53 Å². The van der Waals surface area contributed by atoms with E-state index in [1.54, 1.807) is 0 Å². The highest BCUT2D eigenvalue weighted by Gasteiger charge is 2.16. The number of carbonyl (C=O) groups is 1. The highest BCUT2D eigenvalue weighted by molar-refractivity contribution is 5.69. The first-order valence-electron chi connectivity index (χ1n) is 7.72. The summed E-state index contributed by atoms with van der Waals surface area (Å²) in [5.74, 6) is 0.0146. The van der Waals surface area contributed by atoms with E-state index in [0.29, 0.717) is 6.42 Å². The number of rotatable bonds is 8. The minimum Gasteiger partial charge on any atom is -0.462 e. The Balaban J connectivity index is 1.98. The molecule has 0 amide bonds. The molecule has 2 N–H and O–H groups in total. The highest BCUT2D eigenvalue weighted by Crippen LogP contribution is 2.20. The smallest absolute Gasteiger partial charge is 0.306 e. The molecular formula is C15H29NO2. The molecule has 1 rings (SSSR count).